The van der Waals surface area contributed by atoms with Gasteiger partial charge >= 0.3 is 11.9 Å². The average Bonchev–Trinajstić information content (AvgIpc) is 3.40. The fourth-order valence-corrected chi connectivity index (χ4v) is 10.1. The van der Waals surface area contributed by atoms with Gasteiger partial charge in [-0.25, -0.2) is 0 Å². The van der Waals surface area contributed by atoms with Crippen molar-refractivity contribution in [3.63, 3.8) is 0 Å². The second-order valence-corrected chi connectivity index (χ2v) is 24.9. The number of nitrogens with zero attached hydrogens (tertiary/aromatic N) is 1. The molecule has 0 aromatic carbocycles. The van der Waals surface area contributed by atoms with Crippen LogP contribution in [0.2, 0.25) is 0 Å². The van der Waals surface area contributed by atoms with Gasteiger partial charge in [-0.3, -0.25) is 14.2 Å². The van der Waals surface area contributed by atoms with Gasteiger partial charge in [-0.15, -0.1) is 0 Å². The molecule has 0 aromatic heterocycles. The minimum absolute atomic E-state index is 0.0321. The smallest absolute Gasteiger partial charge is 0.306 e. The van der Waals surface area contributed by atoms with E-state index in [1.54, 1.807) is 0 Å². The van der Waals surface area contributed by atoms with Crippen molar-refractivity contribution in [1.29, 1.82) is 0 Å². The number of ether oxygens (including phenoxy) is 2. The van der Waals surface area contributed by atoms with Crippen molar-refractivity contribution in [3.05, 3.63) is 60.8 Å². The molecule has 0 amide bonds. The summed E-state index contributed by atoms with van der Waals surface area (Å²) in [5, 5.41) is 0. The average molecular weight is 1120 g/mol. The van der Waals surface area contributed by atoms with E-state index in [0.717, 1.165) is 64.2 Å². The summed E-state index contributed by atoms with van der Waals surface area (Å²) in [4.78, 5) is 38.0. The summed E-state index contributed by atoms with van der Waals surface area (Å²) in [6, 6.07) is 0. The van der Waals surface area contributed by atoms with Gasteiger partial charge in [-0.1, -0.05) is 274 Å². The van der Waals surface area contributed by atoms with Gasteiger partial charge in [-0.2, -0.15) is 0 Å². The Hall–Kier alpha value is -2.29. The van der Waals surface area contributed by atoms with Crippen LogP contribution in [0.3, 0.4) is 0 Å². The van der Waals surface area contributed by atoms with Crippen LogP contribution in [0, 0.1) is 0 Å². The van der Waals surface area contributed by atoms with Crippen molar-refractivity contribution < 1.29 is 42.1 Å². The number of likely N-dealkylation sites (N-methyl/N-ethyl adjacent to an activating group) is 1. The predicted molar refractivity (Wildman–Crippen MR) is 333 cm³/mol. The molecule has 0 aliphatic rings. The van der Waals surface area contributed by atoms with Crippen molar-refractivity contribution in [2.75, 3.05) is 47.5 Å². The maximum absolute atomic E-state index is 12.8. The molecule has 0 heterocycles. The van der Waals surface area contributed by atoms with Crippen LogP contribution in [0.15, 0.2) is 60.8 Å². The molecule has 0 saturated carbocycles. The minimum Gasteiger partial charge on any atom is -0.756 e. The van der Waals surface area contributed by atoms with E-state index < -0.39 is 26.5 Å². The Kier molecular flexibility index (Phi) is 57.6. The van der Waals surface area contributed by atoms with Gasteiger partial charge < -0.3 is 27.9 Å². The second-order valence-electron chi connectivity index (χ2n) is 23.5. The number of esters is 2. The molecule has 9 nitrogen and oxygen atoms in total. The van der Waals surface area contributed by atoms with E-state index in [1.165, 1.54) is 212 Å². The predicted octanol–water partition coefficient (Wildman–Crippen LogP) is 20.4. The highest BCUT2D eigenvalue weighted by molar-refractivity contribution is 7.45. The van der Waals surface area contributed by atoms with Gasteiger partial charge in [0.2, 0.25) is 0 Å². The van der Waals surface area contributed by atoms with Crippen LogP contribution in [0.25, 0.3) is 0 Å². The van der Waals surface area contributed by atoms with E-state index in [9.17, 15) is 19.0 Å². The van der Waals surface area contributed by atoms with Gasteiger partial charge in [0.15, 0.2) is 6.10 Å². The van der Waals surface area contributed by atoms with Crippen molar-refractivity contribution in [1.82, 2.24) is 0 Å². The molecule has 456 valence electrons. The number of carbonyl (C=O) groups excluding carboxylic acids is 2. The molecule has 0 bridgehead atoms. The van der Waals surface area contributed by atoms with Gasteiger partial charge in [-0.05, 0) is 83.5 Å². The number of allylic oxidation sites excluding steroid dienone is 10. The monoisotopic (exact) mass is 1120 g/mol. The van der Waals surface area contributed by atoms with E-state index in [1.807, 2.05) is 21.1 Å². The lowest BCUT2D eigenvalue weighted by molar-refractivity contribution is -0.870. The Labute approximate surface area is 483 Å². The molecule has 0 radical (unpaired) electrons. The zero-order valence-electron chi connectivity index (χ0n) is 51.9. The summed E-state index contributed by atoms with van der Waals surface area (Å²) in [6.07, 6.45) is 77.1. The van der Waals surface area contributed by atoms with Crippen LogP contribution in [0.5, 0.6) is 0 Å². The first kappa shape index (κ1) is 75.7. The third kappa shape index (κ3) is 62.9. The molecule has 0 spiro atoms. The first-order chi connectivity index (χ1) is 38.0. The Morgan fingerprint density at radius 3 is 1.03 bits per heavy atom. The fourth-order valence-electron chi connectivity index (χ4n) is 9.40. The molecule has 0 fully saturated rings. The summed E-state index contributed by atoms with van der Waals surface area (Å²) in [6.45, 7) is 4.25. The standard InChI is InChI=1S/C68H126NO8P/c1-6-8-10-12-14-16-18-20-22-24-26-28-30-32-33-34-35-37-38-40-42-44-46-48-50-52-54-56-58-60-67(70)74-64-66(65-76-78(72,73)75-63-62-69(3,4)5)77-68(71)61-59-57-55-53-51-49-47-45-43-41-39-36-31-29-27-25-23-21-19-17-15-13-11-9-7-2/h18-21,24-27,31,36,66H,6-17,22-23,28-30,32-35,37-65H2,1-5H3/b20-18-,21-19-,26-24-,27-25-,36-31-. The molecule has 0 N–H and O–H groups in total. The molecule has 0 rings (SSSR count). The molecular formula is C68H126NO8P. The van der Waals surface area contributed by atoms with Crippen molar-refractivity contribution in [2.24, 2.45) is 0 Å². The Morgan fingerprint density at radius 2 is 0.692 bits per heavy atom. The van der Waals surface area contributed by atoms with Crippen LogP contribution in [-0.2, 0) is 32.7 Å². The van der Waals surface area contributed by atoms with Crippen LogP contribution in [-0.4, -0.2) is 70.0 Å². The van der Waals surface area contributed by atoms with E-state index >= 15 is 0 Å². The van der Waals surface area contributed by atoms with E-state index in [0.29, 0.717) is 17.4 Å². The number of phosphoric acid groups is 1. The zero-order chi connectivity index (χ0) is 57.0. The normalized spacial score (nSPS) is 13.6. The highest BCUT2D eigenvalue weighted by Gasteiger charge is 2.22. The molecule has 2 unspecified atom stereocenters. The Morgan fingerprint density at radius 1 is 0.397 bits per heavy atom. The lowest BCUT2D eigenvalue weighted by Crippen LogP contribution is -2.37. The summed E-state index contributed by atoms with van der Waals surface area (Å²) in [7, 11) is 1.17. The number of phosphoric ester groups is 1. The number of hydrogen-bond acceptors (Lipinski definition) is 8. The Bertz CT molecular complexity index is 1500. The fraction of sp³-hybridized carbons (Fsp3) is 0.824. The number of carbonyl (C=O) groups is 2. The van der Waals surface area contributed by atoms with Crippen LogP contribution in [0.4, 0.5) is 0 Å². The first-order valence-electron chi connectivity index (χ1n) is 33.0. The van der Waals surface area contributed by atoms with Gasteiger partial charge in [0, 0.05) is 12.8 Å². The maximum atomic E-state index is 12.8. The lowest BCUT2D eigenvalue weighted by Gasteiger charge is -2.28. The minimum atomic E-state index is -4.64. The first-order valence-corrected chi connectivity index (χ1v) is 34.5. The van der Waals surface area contributed by atoms with Gasteiger partial charge in [0.05, 0.1) is 27.7 Å². The molecular weight excluding hydrogens is 990 g/mol. The maximum Gasteiger partial charge on any atom is 0.306 e. The summed E-state index contributed by atoms with van der Waals surface area (Å²) in [5.41, 5.74) is 0. The van der Waals surface area contributed by atoms with Crippen LogP contribution in [0.1, 0.15) is 309 Å². The SMILES string of the molecule is CCCCCCC/C=C\C/C=C\C/C=C\CCCCCCCCCCCCC(=O)OC(COC(=O)CCCCCCCCCCCCCCCCCCC/C=C\C/C=C\CCCCCCC)COP(=O)([O-])OCC[N+](C)(C)C. The highest BCUT2D eigenvalue weighted by Crippen LogP contribution is 2.38. The van der Waals surface area contributed by atoms with Crippen molar-refractivity contribution in [2.45, 2.75) is 315 Å². The number of unbranched alkanes of at least 4 members (excludes halogenated alkanes) is 37. The molecule has 0 aliphatic heterocycles. The molecule has 0 aliphatic carbocycles. The van der Waals surface area contributed by atoms with Crippen molar-refractivity contribution in [3.8, 4) is 0 Å². The largest absolute Gasteiger partial charge is 0.756 e. The summed E-state index contributed by atoms with van der Waals surface area (Å²) >= 11 is 0. The van der Waals surface area contributed by atoms with Gasteiger partial charge in [0.1, 0.15) is 19.8 Å². The molecule has 78 heavy (non-hydrogen) atoms. The third-order valence-electron chi connectivity index (χ3n) is 14.5. The van der Waals surface area contributed by atoms with E-state index in [-0.39, 0.29) is 32.0 Å². The topological polar surface area (TPSA) is 111 Å². The summed E-state index contributed by atoms with van der Waals surface area (Å²) in [5.74, 6) is -0.827. The number of hydrogen-bond donors (Lipinski definition) is 0. The van der Waals surface area contributed by atoms with E-state index in [4.69, 9.17) is 18.5 Å². The summed E-state index contributed by atoms with van der Waals surface area (Å²) < 4.78 is 34.3. The molecule has 10 heteroatoms. The number of quaternary nitrogens is 1. The van der Waals surface area contributed by atoms with Crippen LogP contribution >= 0.6 is 7.82 Å². The van der Waals surface area contributed by atoms with Gasteiger partial charge in [0.25, 0.3) is 7.82 Å². The van der Waals surface area contributed by atoms with Crippen molar-refractivity contribution >= 4 is 19.8 Å². The quantitative estimate of drug-likeness (QED) is 0.0195. The van der Waals surface area contributed by atoms with Crippen LogP contribution < -0.4 is 4.89 Å². The zero-order valence-corrected chi connectivity index (χ0v) is 52.8. The lowest BCUT2D eigenvalue weighted by atomic mass is 10.0. The molecule has 0 saturated heterocycles. The van der Waals surface area contributed by atoms with E-state index in [2.05, 4.69) is 74.6 Å². The second kappa shape index (κ2) is 59.3. The Balaban J connectivity index is 4.07. The molecule has 2 atom stereocenters. The molecule has 0 aromatic rings. The third-order valence-corrected chi connectivity index (χ3v) is 15.5. The number of rotatable bonds is 61. The highest BCUT2D eigenvalue weighted by atomic mass is 31.2.